The summed E-state index contributed by atoms with van der Waals surface area (Å²) < 4.78 is 0. The Morgan fingerprint density at radius 2 is 1.84 bits per heavy atom. The second kappa shape index (κ2) is 7.33. The van der Waals surface area contributed by atoms with E-state index in [2.05, 4.69) is 20.8 Å². The smallest absolute Gasteiger partial charge is 0.303 e. The second-order valence-corrected chi connectivity index (χ2v) is 4.73. The van der Waals surface area contributed by atoms with E-state index in [1.165, 1.54) is 12.1 Å². The Balaban J connectivity index is 2.22. The van der Waals surface area contributed by atoms with Crippen LogP contribution in [0.4, 0.5) is 23.0 Å². The predicted molar refractivity (Wildman–Crippen MR) is 85.7 cm³/mol. The summed E-state index contributed by atoms with van der Waals surface area (Å²) in [7, 11) is 0. The summed E-state index contributed by atoms with van der Waals surface area (Å²) in [5, 5.41) is 21.8. The van der Waals surface area contributed by atoms with Gasteiger partial charge in [0.15, 0.2) is 0 Å². The molecule has 25 heavy (non-hydrogen) atoms. The summed E-state index contributed by atoms with van der Waals surface area (Å²) in [4.78, 5) is 39.6. The lowest BCUT2D eigenvalue weighted by molar-refractivity contribution is -0.384. The number of nitrogens with one attached hydrogen (secondary N) is 3. The van der Waals surface area contributed by atoms with Gasteiger partial charge in [0, 0.05) is 11.6 Å². The predicted octanol–water partition coefficient (Wildman–Crippen LogP) is 0.989. The Labute approximate surface area is 143 Å². The Hall–Kier alpha value is -3.58. The van der Waals surface area contributed by atoms with Gasteiger partial charge >= 0.3 is 5.69 Å². The zero-order chi connectivity index (χ0) is 18.6. The Kier molecular flexibility index (Phi) is 5.21. The fraction of sp³-hybridized carbons (Fsp3) is 0. The zero-order valence-corrected chi connectivity index (χ0v) is 12.9. The van der Waals surface area contributed by atoms with Crippen molar-refractivity contribution in [3.05, 3.63) is 55.3 Å². The quantitative estimate of drug-likeness (QED) is 0.324. The monoisotopic (exact) mass is 368 g/mol. The number of nitro groups is 2. The molecule has 1 aromatic heterocycles. The van der Waals surface area contributed by atoms with Gasteiger partial charge in [0.1, 0.15) is 11.3 Å². The molecule has 0 unspecified atom stereocenters. The fourth-order valence-corrected chi connectivity index (χ4v) is 1.92. The van der Waals surface area contributed by atoms with Gasteiger partial charge in [-0.25, -0.2) is 15.8 Å². The van der Waals surface area contributed by atoms with E-state index < -0.39 is 27.1 Å². The van der Waals surface area contributed by atoms with Crippen LogP contribution >= 0.6 is 11.6 Å². The van der Waals surface area contributed by atoms with Crippen LogP contribution in [0.5, 0.6) is 0 Å². The summed E-state index contributed by atoms with van der Waals surface area (Å²) in [5.74, 6) is 3.70. The molecule has 0 bridgehead atoms. The number of hydrogen-bond acceptors (Lipinski definition) is 10. The van der Waals surface area contributed by atoms with Crippen molar-refractivity contribution in [3.63, 3.8) is 0 Å². The fourth-order valence-electron chi connectivity index (χ4n) is 1.73. The third-order valence-electron chi connectivity index (χ3n) is 2.84. The lowest BCUT2D eigenvalue weighted by Crippen LogP contribution is -2.30. The van der Waals surface area contributed by atoms with Gasteiger partial charge in [0.25, 0.3) is 11.6 Å². The van der Waals surface area contributed by atoms with Gasteiger partial charge in [-0.3, -0.25) is 35.9 Å². The number of hydrazine groups is 2. The van der Waals surface area contributed by atoms with Crippen LogP contribution in [0.15, 0.2) is 24.5 Å². The number of aromatic nitrogens is 2. The molecule has 1 heterocycles. The lowest BCUT2D eigenvalue weighted by atomic mass is 10.2. The molecule has 14 heteroatoms. The van der Waals surface area contributed by atoms with Gasteiger partial charge in [-0.05, 0) is 12.1 Å². The average Bonchev–Trinajstić information content (AvgIpc) is 2.59. The van der Waals surface area contributed by atoms with Crippen LogP contribution in [0.2, 0.25) is 5.02 Å². The van der Waals surface area contributed by atoms with Gasteiger partial charge in [-0.1, -0.05) is 11.6 Å². The maximum absolute atomic E-state index is 12.0. The molecule has 130 valence electrons. The number of nitrogen functional groups attached to an aromatic ring is 1. The van der Waals surface area contributed by atoms with Crippen LogP contribution < -0.4 is 22.1 Å². The minimum Gasteiger partial charge on any atom is -0.303 e. The molecule has 0 aliphatic rings. The van der Waals surface area contributed by atoms with E-state index in [4.69, 9.17) is 17.4 Å². The number of amides is 1. The van der Waals surface area contributed by atoms with E-state index in [1.807, 2.05) is 5.43 Å². The molecular weight excluding hydrogens is 360 g/mol. The maximum Gasteiger partial charge on any atom is 0.356 e. The first-order valence-electron chi connectivity index (χ1n) is 6.31. The summed E-state index contributed by atoms with van der Waals surface area (Å²) in [5.41, 5.74) is 5.23. The van der Waals surface area contributed by atoms with E-state index >= 15 is 0 Å². The molecule has 0 radical (unpaired) electrons. The molecule has 2 rings (SSSR count). The van der Waals surface area contributed by atoms with Crippen molar-refractivity contribution in [2.45, 2.75) is 0 Å². The first kappa shape index (κ1) is 17.8. The van der Waals surface area contributed by atoms with Gasteiger partial charge in [-0.15, -0.1) is 0 Å². The zero-order valence-electron chi connectivity index (χ0n) is 12.1. The van der Waals surface area contributed by atoms with Crippen LogP contribution in [0, 0.1) is 20.2 Å². The van der Waals surface area contributed by atoms with Crippen LogP contribution in [-0.4, -0.2) is 25.7 Å². The molecule has 5 N–H and O–H groups in total. The van der Waals surface area contributed by atoms with Crippen LogP contribution in [0.3, 0.4) is 0 Å². The first-order valence-corrected chi connectivity index (χ1v) is 6.69. The molecule has 0 saturated carbocycles. The van der Waals surface area contributed by atoms with Crippen LogP contribution in [0.1, 0.15) is 10.4 Å². The molecule has 0 saturated heterocycles. The minimum absolute atomic E-state index is 0.0996. The largest absolute Gasteiger partial charge is 0.356 e. The van der Waals surface area contributed by atoms with E-state index in [-0.39, 0.29) is 22.2 Å². The Morgan fingerprint density at radius 3 is 2.44 bits per heavy atom. The molecular formula is C11H9ClN8O5. The summed E-state index contributed by atoms with van der Waals surface area (Å²) in [6, 6.07) is 3.38. The third-order valence-corrected chi connectivity index (χ3v) is 3.16. The number of rotatable bonds is 6. The molecule has 13 nitrogen and oxygen atoms in total. The van der Waals surface area contributed by atoms with Crippen LogP contribution in [-0.2, 0) is 0 Å². The number of anilines is 2. The molecule has 1 amide bonds. The normalized spacial score (nSPS) is 10.0. The molecule has 0 atom stereocenters. The van der Waals surface area contributed by atoms with Crippen molar-refractivity contribution < 1.29 is 14.6 Å². The average molecular weight is 369 g/mol. The number of carbonyl (C=O) groups is 1. The van der Waals surface area contributed by atoms with Crippen molar-refractivity contribution in [1.82, 2.24) is 15.4 Å². The summed E-state index contributed by atoms with van der Waals surface area (Å²) in [6.45, 7) is 0. The number of hydrogen-bond donors (Lipinski definition) is 4. The summed E-state index contributed by atoms with van der Waals surface area (Å²) in [6.07, 6.45) is 0.976. The standard InChI is InChI=1S/C11H9ClN8O5/c12-6-2-1-5(3-7(6)19(22)23)11(21)18-17-10-8(20(24)25)9(16-13)14-4-15-10/h1-4H,13H2,(H,18,21)(H2,14,15,16,17). The van der Waals surface area contributed by atoms with Crippen molar-refractivity contribution in [3.8, 4) is 0 Å². The van der Waals surface area contributed by atoms with E-state index in [1.54, 1.807) is 0 Å². The minimum atomic E-state index is -0.810. The van der Waals surface area contributed by atoms with E-state index in [9.17, 15) is 25.0 Å². The molecule has 2 aromatic rings. The number of halogens is 1. The Morgan fingerprint density at radius 1 is 1.16 bits per heavy atom. The molecule has 0 fully saturated rings. The number of nitro benzene ring substituents is 1. The highest BCUT2D eigenvalue weighted by atomic mass is 35.5. The Bertz CT molecular complexity index is 860. The van der Waals surface area contributed by atoms with Crippen molar-refractivity contribution in [2.75, 3.05) is 10.9 Å². The van der Waals surface area contributed by atoms with E-state index in [0.29, 0.717) is 0 Å². The van der Waals surface area contributed by atoms with Crippen LogP contribution in [0.25, 0.3) is 0 Å². The van der Waals surface area contributed by atoms with Gasteiger partial charge in [0.05, 0.1) is 9.85 Å². The number of nitrogens with two attached hydrogens (primary N) is 1. The van der Waals surface area contributed by atoms with Crippen molar-refractivity contribution in [2.24, 2.45) is 5.84 Å². The number of nitrogens with zero attached hydrogens (tertiary/aromatic N) is 4. The highest BCUT2D eigenvalue weighted by Gasteiger charge is 2.23. The summed E-state index contributed by atoms with van der Waals surface area (Å²) >= 11 is 5.66. The molecule has 0 aliphatic carbocycles. The number of carbonyl (C=O) groups excluding carboxylic acids is 1. The van der Waals surface area contributed by atoms with Gasteiger partial charge in [-0.2, -0.15) is 0 Å². The number of benzene rings is 1. The molecule has 0 aliphatic heterocycles. The molecule has 0 spiro atoms. The SMILES string of the molecule is NNc1ncnc(NNC(=O)c2ccc(Cl)c([N+](=O)[O-])c2)c1[N+](=O)[O-]. The molecule has 1 aromatic carbocycles. The topological polar surface area (TPSA) is 191 Å². The van der Waals surface area contributed by atoms with E-state index in [0.717, 1.165) is 12.4 Å². The highest BCUT2D eigenvalue weighted by molar-refractivity contribution is 6.32. The second-order valence-electron chi connectivity index (χ2n) is 4.32. The first-order chi connectivity index (χ1) is 11.8. The lowest BCUT2D eigenvalue weighted by Gasteiger charge is -2.09. The van der Waals surface area contributed by atoms with Crippen molar-refractivity contribution in [1.29, 1.82) is 0 Å². The third kappa shape index (κ3) is 3.85. The highest BCUT2D eigenvalue weighted by Crippen LogP contribution is 2.28. The van der Waals surface area contributed by atoms with Gasteiger partial charge < -0.3 is 5.43 Å². The maximum atomic E-state index is 12.0. The van der Waals surface area contributed by atoms with Crippen molar-refractivity contribution >= 4 is 40.5 Å². The van der Waals surface area contributed by atoms with Gasteiger partial charge in [0.2, 0.25) is 11.6 Å².